The molecule has 0 heterocycles. The maximum atomic E-state index is 13.2. The number of hydrazone groups is 1. The van der Waals surface area contributed by atoms with Crippen molar-refractivity contribution >= 4 is 27.8 Å². The largest absolute Gasteiger partial charge is 0.417 e. The number of carbonyl (C=O) groups is 1. The molecule has 3 rings (SSSR count). The molecule has 0 atom stereocenters. The smallest absolute Gasteiger partial charge is 0.271 e. The highest BCUT2D eigenvalue weighted by Crippen LogP contribution is 2.33. The Bertz CT molecular complexity index is 1360. The number of rotatable bonds is 7. The molecule has 0 unspecified atom stereocenters. The van der Waals surface area contributed by atoms with E-state index in [1.165, 1.54) is 42.5 Å². The molecule has 0 bridgehead atoms. The summed E-state index contributed by atoms with van der Waals surface area (Å²) in [5.41, 5.74) is -1.06. The first kappa shape index (κ1) is 26.7. The second-order valence-electron chi connectivity index (χ2n) is 7.25. The van der Waals surface area contributed by atoms with Crippen LogP contribution in [0.25, 0.3) is 0 Å². The predicted octanol–water partition coefficient (Wildman–Crippen LogP) is 5.07. The molecule has 190 valence electrons. The van der Waals surface area contributed by atoms with Crippen molar-refractivity contribution in [2.75, 3.05) is 10.8 Å². The van der Waals surface area contributed by atoms with Crippen molar-refractivity contribution in [3.05, 3.63) is 95.6 Å². The molecule has 0 aliphatic heterocycles. The molecule has 0 fully saturated rings. The van der Waals surface area contributed by atoms with Gasteiger partial charge in [0, 0.05) is 5.56 Å². The standard InChI is InChI=1S/C23H17F6N3O3S/c24-22(25,26)17-8-6-9-18(13-17)32(36(34,35)19-10-2-1-3-11-19)15-21(33)31-30-14-16-7-4-5-12-20(16)23(27,28)29/h1-14H,15H2,(H,31,33)/b30-14+. The number of sulfonamides is 1. The number of nitrogens with one attached hydrogen (secondary N) is 1. The van der Waals surface area contributed by atoms with Gasteiger partial charge in [-0.2, -0.15) is 31.4 Å². The number of carbonyl (C=O) groups excluding carboxylic acids is 1. The molecule has 0 saturated heterocycles. The molecule has 0 aromatic heterocycles. The minimum atomic E-state index is -4.78. The van der Waals surface area contributed by atoms with Gasteiger partial charge in [0.15, 0.2) is 0 Å². The molecule has 0 radical (unpaired) electrons. The third-order valence-corrected chi connectivity index (χ3v) is 6.53. The van der Waals surface area contributed by atoms with Gasteiger partial charge in [-0.25, -0.2) is 13.8 Å². The predicted molar refractivity (Wildman–Crippen MR) is 120 cm³/mol. The Morgan fingerprint density at radius 3 is 2.14 bits per heavy atom. The molecular weight excluding hydrogens is 512 g/mol. The van der Waals surface area contributed by atoms with Crippen molar-refractivity contribution in [3.8, 4) is 0 Å². The Kier molecular flexibility index (Phi) is 7.72. The van der Waals surface area contributed by atoms with Crippen molar-refractivity contribution in [1.82, 2.24) is 5.43 Å². The van der Waals surface area contributed by atoms with E-state index in [1.54, 1.807) is 0 Å². The topological polar surface area (TPSA) is 78.8 Å². The Morgan fingerprint density at radius 2 is 1.50 bits per heavy atom. The molecule has 6 nitrogen and oxygen atoms in total. The summed E-state index contributed by atoms with van der Waals surface area (Å²) in [6.07, 6.45) is -8.74. The van der Waals surface area contributed by atoms with Gasteiger partial charge < -0.3 is 0 Å². The van der Waals surface area contributed by atoms with Crippen LogP contribution in [-0.2, 0) is 27.2 Å². The molecule has 1 N–H and O–H groups in total. The summed E-state index contributed by atoms with van der Waals surface area (Å²) in [5.74, 6) is -1.10. The van der Waals surface area contributed by atoms with E-state index in [-0.39, 0.29) is 10.5 Å². The summed E-state index contributed by atoms with van der Waals surface area (Å²) in [6.45, 7) is -1.00. The van der Waals surface area contributed by atoms with Gasteiger partial charge in [0.1, 0.15) is 6.54 Å². The fourth-order valence-electron chi connectivity index (χ4n) is 3.08. The highest BCUT2D eigenvalue weighted by atomic mass is 32.2. The lowest BCUT2D eigenvalue weighted by molar-refractivity contribution is -0.138. The molecule has 0 aliphatic carbocycles. The summed E-state index contributed by atoms with van der Waals surface area (Å²) in [6, 6.07) is 14.4. The first-order valence-electron chi connectivity index (χ1n) is 10.0. The fourth-order valence-corrected chi connectivity index (χ4v) is 4.51. The lowest BCUT2D eigenvalue weighted by atomic mass is 10.1. The van der Waals surface area contributed by atoms with Crippen LogP contribution in [0.15, 0.2) is 88.9 Å². The summed E-state index contributed by atoms with van der Waals surface area (Å²) < 4.78 is 106. The van der Waals surface area contributed by atoms with Gasteiger partial charge in [-0.1, -0.05) is 42.5 Å². The van der Waals surface area contributed by atoms with Gasteiger partial charge in [-0.15, -0.1) is 0 Å². The number of amides is 1. The van der Waals surface area contributed by atoms with E-state index < -0.39 is 51.6 Å². The van der Waals surface area contributed by atoms with Crippen LogP contribution in [0.1, 0.15) is 16.7 Å². The van der Waals surface area contributed by atoms with E-state index in [4.69, 9.17) is 0 Å². The van der Waals surface area contributed by atoms with E-state index >= 15 is 0 Å². The van der Waals surface area contributed by atoms with E-state index in [0.29, 0.717) is 10.4 Å². The Labute approximate surface area is 201 Å². The molecule has 0 saturated carbocycles. The molecule has 3 aromatic rings. The quantitative estimate of drug-likeness (QED) is 0.264. The fraction of sp³-hybridized carbons (Fsp3) is 0.130. The second kappa shape index (κ2) is 10.4. The first-order chi connectivity index (χ1) is 16.8. The van der Waals surface area contributed by atoms with Gasteiger partial charge in [0.2, 0.25) is 0 Å². The summed E-state index contributed by atoms with van der Waals surface area (Å²) in [5, 5.41) is 3.45. The molecule has 13 heteroatoms. The van der Waals surface area contributed by atoms with Crippen LogP contribution in [0.5, 0.6) is 0 Å². The lowest BCUT2D eigenvalue weighted by Gasteiger charge is -2.24. The van der Waals surface area contributed by atoms with Crippen LogP contribution in [0.2, 0.25) is 0 Å². The van der Waals surface area contributed by atoms with E-state index in [9.17, 15) is 39.6 Å². The Balaban J connectivity index is 1.91. The van der Waals surface area contributed by atoms with Crippen molar-refractivity contribution in [2.45, 2.75) is 17.2 Å². The van der Waals surface area contributed by atoms with Crippen LogP contribution < -0.4 is 9.73 Å². The molecule has 1 amide bonds. The average molecular weight is 529 g/mol. The van der Waals surface area contributed by atoms with E-state index in [2.05, 4.69) is 5.10 Å². The number of halogens is 6. The minimum absolute atomic E-state index is 0.294. The Morgan fingerprint density at radius 1 is 0.861 bits per heavy atom. The minimum Gasteiger partial charge on any atom is -0.271 e. The van der Waals surface area contributed by atoms with Crippen LogP contribution in [-0.4, -0.2) is 27.1 Å². The first-order valence-corrected chi connectivity index (χ1v) is 11.5. The number of benzene rings is 3. The van der Waals surface area contributed by atoms with Gasteiger partial charge >= 0.3 is 12.4 Å². The van der Waals surface area contributed by atoms with Gasteiger partial charge in [0.05, 0.1) is 27.9 Å². The van der Waals surface area contributed by atoms with Crippen molar-refractivity contribution < 1.29 is 39.6 Å². The second-order valence-corrected chi connectivity index (χ2v) is 9.11. The van der Waals surface area contributed by atoms with Crippen LogP contribution in [0.3, 0.4) is 0 Å². The van der Waals surface area contributed by atoms with Crippen molar-refractivity contribution in [3.63, 3.8) is 0 Å². The van der Waals surface area contributed by atoms with Gasteiger partial charge in [0.25, 0.3) is 15.9 Å². The maximum absolute atomic E-state index is 13.2. The zero-order valence-electron chi connectivity index (χ0n) is 18.1. The van der Waals surface area contributed by atoms with E-state index in [1.807, 2.05) is 5.43 Å². The van der Waals surface area contributed by atoms with Crippen LogP contribution >= 0.6 is 0 Å². The molecule has 36 heavy (non-hydrogen) atoms. The van der Waals surface area contributed by atoms with E-state index in [0.717, 1.165) is 36.5 Å². The maximum Gasteiger partial charge on any atom is 0.417 e. The monoisotopic (exact) mass is 529 g/mol. The normalized spacial score (nSPS) is 12.5. The third-order valence-electron chi connectivity index (χ3n) is 4.74. The molecule has 0 spiro atoms. The number of anilines is 1. The zero-order valence-corrected chi connectivity index (χ0v) is 18.9. The number of hydrogen-bond donors (Lipinski definition) is 1. The lowest BCUT2D eigenvalue weighted by Crippen LogP contribution is -2.39. The summed E-state index contributed by atoms with van der Waals surface area (Å²) in [7, 11) is -4.51. The average Bonchev–Trinajstić information content (AvgIpc) is 2.82. The third kappa shape index (κ3) is 6.42. The van der Waals surface area contributed by atoms with Crippen molar-refractivity contribution in [2.24, 2.45) is 5.10 Å². The Hall–Kier alpha value is -3.87. The van der Waals surface area contributed by atoms with Gasteiger partial charge in [-0.05, 0) is 36.4 Å². The van der Waals surface area contributed by atoms with Crippen LogP contribution in [0.4, 0.5) is 32.0 Å². The zero-order chi connectivity index (χ0) is 26.6. The summed E-state index contributed by atoms with van der Waals surface area (Å²) in [4.78, 5) is 12.2. The number of nitrogens with zero attached hydrogens (tertiary/aromatic N) is 2. The molecular formula is C23H17F6N3O3S. The SMILES string of the molecule is O=C(CN(c1cccc(C(F)(F)F)c1)S(=O)(=O)c1ccccc1)N/N=C/c1ccccc1C(F)(F)F. The highest BCUT2D eigenvalue weighted by Gasteiger charge is 2.34. The molecule has 3 aromatic carbocycles. The van der Waals surface area contributed by atoms with Crippen molar-refractivity contribution in [1.29, 1.82) is 0 Å². The molecule has 0 aliphatic rings. The number of alkyl halides is 6. The van der Waals surface area contributed by atoms with Crippen LogP contribution in [0, 0.1) is 0 Å². The summed E-state index contributed by atoms with van der Waals surface area (Å²) >= 11 is 0. The highest BCUT2D eigenvalue weighted by molar-refractivity contribution is 7.92. The van der Waals surface area contributed by atoms with Gasteiger partial charge in [-0.3, -0.25) is 9.10 Å². The number of hydrogen-bond acceptors (Lipinski definition) is 4.